The normalized spacial score (nSPS) is 10.1. The Labute approximate surface area is 105 Å². The van der Waals surface area contributed by atoms with E-state index in [1.807, 2.05) is 0 Å². The molecule has 0 unspecified atom stereocenters. The summed E-state index contributed by atoms with van der Waals surface area (Å²) >= 11 is 5.74. The second-order valence-electron chi connectivity index (χ2n) is 3.22. The number of aromatic nitrogens is 4. The summed E-state index contributed by atoms with van der Waals surface area (Å²) < 4.78 is 0. The molecular formula is C9H6ClN5O3. The van der Waals surface area contributed by atoms with E-state index in [1.165, 1.54) is 18.2 Å². The zero-order valence-electron chi connectivity index (χ0n) is 8.72. The minimum absolute atomic E-state index is 0.0362. The SMILES string of the molecule is O=C(O)c1cc(Cl)cc(NC(=O)c2nn[nH]n2)c1. The molecule has 1 heterocycles. The van der Waals surface area contributed by atoms with E-state index >= 15 is 0 Å². The molecule has 3 N–H and O–H groups in total. The van der Waals surface area contributed by atoms with E-state index in [4.69, 9.17) is 16.7 Å². The number of carboxylic acid groups (broad SMARTS) is 1. The van der Waals surface area contributed by atoms with Crippen LogP contribution in [0.5, 0.6) is 0 Å². The maximum absolute atomic E-state index is 11.6. The molecule has 1 aromatic carbocycles. The molecule has 2 rings (SSSR count). The first-order chi connectivity index (χ1) is 8.56. The van der Waals surface area contributed by atoms with Crippen molar-refractivity contribution in [3.05, 3.63) is 34.6 Å². The minimum atomic E-state index is -1.15. The number of nitrogens with zero attached hydrogens (tertiary/aromatic N) is 3. The maximum Gasteiger partial charge on any atom is 0.335 e. The Kier molecular flexibility index (Phi) is 3.20. The van der Waals surface area contributed by atoms with Crippen LogP contribution in [0.3, 0.4) is 0 Å². The summed E-state index contributed by atoms with van der Waals surface area (Å²) in [6.07, 6.45) is 0. The monoisotopic (exact) mass is 267 g/mol. The molecule has 1 aromatic heterocycles. The molecular weight excluding hydrogens is 262 g/mol. The Balaban J connectivity index is 2.24. The van der Waals surface area contributed by atoms with Gasteiger partial charge in [-0.3, -0.25) is 4.79 Å². The van der Waals surface area contributed by atoms with Crippen LogP contribution >= 0.6 is 11.6 Å². The van der Waals surface area contributed by atoms with Crippen LogP contribution in [0.15, 0.2) is 18.2 Å². The number of carbonyl (C=O) groups is 2. The van der Waals surface area contributed by atoms with Crippen LogP contribution in [0.25, 0.3) is 0 Å². The second kappa shape index (κ2) is 4.80. The molecule has 1 amide bonds. The van der Waals surface area contributed by atoms with Crippen LogP contribution in [0, 0.1) is 0 Å². The lowest BCUT2D eigenvalue weighted by Crippen LogP contribution is -2.14. The van der Waals surface area contributed by atoms with Crippen LogP contribution < -0.4 is 5.32 Å². The lowest BCUT2D eigenvalue weighted by atomic mass is 10.2. The first kappa shape index (κ1) is 12.0. The maximum atomic E-state index is 11.6. The van der Waals surface area contributed by atoms with Crippen molar-refractivity contribution in [2.24, 2.45) is 0 Å². The van der Waals surface area contributed by atoms with E-state index in [9.17, 15) is 9.59 Å². The third-order valence-corrected chi connectivity index (χ3v) is 2.17. The van der Waals surface area contributed by atoms with Gasteiger partial charge in [0.2, 0.25) is 0 Å². The topological polar surface area (TPSA) is 121 Å². The number of amides is 1. The Bertz CT molecular complexity index is 598. The predicted octanol–water partition coefficient (Wildman–Crippen LogP) is 0.804. The first-order valence-electron chi connectivity index (χ1n) is 4.65. The highest BCUT2D eigenvalue weighted by Crippen LogP contribution is 2.19. The van der Waals surface area contributed by atoms with E-state index in [2.05, 4.69) is 25.9 Å². The lowest BCUT2D eigenvalue weighted by molar-refractivity contribution is 0.0696. The van der Waals surface area contributed by atoms with Crippen molar-refractivity contribution in [1.29, 1.82) is 0 Å². The van der Waals surface area contributed by atoms with Gasteiger partial charge in [-0.15, -0.1) is 10.2 Å². The van der Waals surface area contributed by atoms with Crippen LogP contribution in [-0.2, 0) is 0 Å². The molecule has 92 valence electrons. The summed E-state index contributed by atoms with van der Waals surface area (Å²) in [5.74, 6) is -1.93. The molecule has 0 saturated heterocycles. The van der Waals surface area contributed by atoms with Gasteiger partial charge in [0.25, 0.3) is 11.7 Å². The van der Waals surface area contributed by atoms with Crippen molar-refractivity contribution in [3.8, 4) is 0 Å². The summed E-state index contributed by atoms with van der Waals surface area (Å²) in [5, 5.41) is 23.8. The average molecular weight is 268 g/mol. The molecule has 0 atom stereocenters. The Morgan fingerprint density at radius 2 is 2.11 bits per heavy atom. The smallest absolute Gasteiger partial charge is 0.335 e. The lowest BCUT2D eigenvalue weighted by Gasteiger charge is -2.04. The standard InChI is InChI=1S/C9H6ClN5O3/c10-5-1-4(9(17)18)2-6(3-5)11-8(16)7-12-14-15-13-7/h1-3H,(H,11,16)(H,17,18)(H,12,13,14,15). The van der Waals surface area contributed by atoms with Gasteiger partial charge in [-0.05, 0) is 23.4 Å². The van der Waals surface area contributed by atoms with Crippen LogP contribution in [0.4, 0.5) is 5.69 Å². The average Bonchev–Trinajstić information content (AvgIpc) is 2.81. The van der Waals surface area contributed by atoms with Crippen molar-refractivity contribution in [1.82, 2.24) is 20.6 Å². The number of aromatic carboxylic acids is 1. The molecule has 9 heteroatoms. The van der Waals surface area contributed by atoms with Gasteiger partial charge in [0, 0.05) is 10.7 Å². The number of H-pyrrole nitrogens is 1. The summed E-state index contributed by atoms with van der Waals surface area (Å²) in [6.45, 7) is 0. The van der Waals surface area contributed by atoms with Crippen molar-refractivity contribution in [2.45, 2.75) is 0 Å². The van der Waals surface area contributed by atoms with Gasteiger partial charge in [-0.2, -0.15) is 5.21 Å². The molecule has 0 aliphatic rings. The van der Waals surface area contributed by atoms with E-state index in [-0.39, 0.29) is 22.1 Å². The summed E-state index contributed by atoms with van der Waals surface area (Å²) in [5.41, 5.74) is 0.195. The van der Waals surface area contributed by atoms with Crippen molar-refractivity contribution < 1.29 is 14.7 Å². The molecule has 18 heavy (non-hydrogen) atoms. The second-order valence-corrected chi connectivity index (χ2v) is 3.66. The zero-order valence-corrected chi connectivity index (χ0v) is 9.47. The van der Waals surface area contributed by atoms with Crippen LogP contribution in [-0.4, -0.2) is 37.6 Å². The van der Waals surface area contributed by atoms with Crippen molar-refractivity contribution >= 4 is 29.2 Å². The molecule has 0 bridgehead atoms. The molecule has 2 aromatic rings. The Morgan fingerprint density at radius 3 is 2.72 bits per heavy atom. The highest BCUT2D eigenvalue weighted by molar-refractivity contribution is 6.31. The fraction of sp³-hybridized carbons (Fsp3) is 0. The number of aromatic amines is 1. The molecule has 0 spiro atoms. The van der Waals surface area contributed by atoms with Crippen molar-refractivity contribution in [3.63, 3.8) is 0 Å². The van der Waals surface area contributed by atoms with Gasteiger partial charge >= 0.3 is 5.97 Å². The Morgan fingerprint density at radius 1 is 1.33 bits per heavy atom. The number of carbonyl (C=O) groups excluding carboxylic acids is 1. The summed E-state index contributed by atoms with van der Waals surface area (Å²) in [7, 11) is 0. The van der Waals surface area contributed by atoms with Crippen molar-refractivity contribution in [2.75, 3.05) is 5.32 Å². The number of rotatable bonds is 3. The van der Waals surface area contributed by atoms with Gasteiger partial charge in [-0.25, -0.2) is 4.79 Å². The van der Waals surface area contributed by atoms with E-state index in [1.54, 1.807) is 0 Å². The molecule has 8 nitrogen and oxygen atoms in total. The quantitative estimate of drug-likeness (QED) is 0.756. The third-order valence-electron chi connectivity index (χ3n) is 1.95. The number of tetrazole rings is 1. The largest absolute Gasteiger partial charge is 0.478 e. The van der Waals surface area contributed by atoms with E-state index < -0.39 is 11.9 Å². The Hall–Kier alpha value is -2.48. The molecule has 0 fully saturated rings. The predicted molar refractivity (Wildman–Crippen MR) is 60.5 cm³/mol. The molecule has 0 radical (unpaired) electrons. The van der Waals surface area contributed by atoms with Gasteiger partial charge in [0.15, 0.2) is 0 Å². The van der Waals surface area contributed by atoms with E-state index in [0.29, 0.717) is 0 Å². The molecule has 0 aliphatic carbocycles. The van der Waals surface area contributed by atoms with Gasteiger partial charge in [-0.1, -0.05) is 11.6 Å². The summed E-state index contributed by atoms with van der Waals surface area (Å²) in [4.78, 5) is 22.4. The van der Waals surface area contributed by atoms with Gasteiger partial charge in [0.1, 0.15) is 0 Å². The summed E-state index contributed by atoms with van der Waals surface area (Å²) in [6, 6.07) is 3.95. The fourth-order valence-corrected chi connectivity index (χ4v) is 1.47. The van der Waals surface area contributed by atoms with Gasteiger partial charge < -0.3 is 10.4 Å². The molecule has 0 saturated carbocycles. The fourth-order valence-electron chi connectivity index (χ4n) is 1.23. The first-order valence-corrected chi connectivity index (χ1v) is 5.03. The number of nitrogens with one attached hydrogen (secondary N) is 2. The third kappa shape index (κ3) is 2.61. The zero-order chi connectivity index (χ0) is 13.1. The number of benzene rings is 1. The number of anilines is 1. The minimum Gasteiger partial charge on any atom is -0.478 e. The van der Waals surface area contributed by atoms with Crippen LogP contribution in [0.2, 0.25) is 5.02 Å². The number of halogens is 1. The number of hydrogen-bond acceptors (Lipinski definition) is 5. The van der Waals surface area contributed by atoms with Crippen LogP contribution in [0.1, 0.15) is 21.0 Å². The van der Waals surface area contributed by atoms with Gasteiger partial charge in [0.05, 0.1) is 5.56 Å². The number of hydrogen-bond donors (Lipinski definition) is 3. The number of carboxylic acids is 1. The highest BCUT2D eigenvalue weighted by Gasteiger charge is 2.13. The highest BCUT2D eigenvalue weighted by atomic mass is 35.5. The molecule has 0 aliphatic heterocycles. The van der Waals surface area contributed by atoms with E-state index in [0.717, 1.165) is 0 Å².